The third kappa shape index (κ3) is 3.39. The molecule has 2 aliphatic heterocycles. The van der Waals surface area contributed by atoms with E-state index >= 15 is 0 Å². The Labute approximate surface area is 145 Å². The van der Waals surface area contributed by atoms with E-state index in [2.05, 4.69) is 11.5 Å². The van der Waals surface area contributed by atoms with Gasteiger partial charge in [-0.05, 0) is 42.5 Å². The zero-order valence-corrected chi connectivity index (χ0v) is 14.4. The second-order valence-electron chi connectivity index (χ2n) is 5.72. The third-order valence-electron chi connectivity index (χ3n) is 4.14. The van der Waals surface area contributed by atoms with E-state index in [1.54, 1.807) is 19.1 Å². The topological polar surface area (TPSA) is 49.9 Å². The number of thioether (sulfide) groups is 1. The highest BCUT2D eigenvalue weighted by molar-refractivity contribution is 8.18. The van der Waals surface area contributed by atoms with Crippen LogP contribution in [0.25, 0.3) is 6.08 Å². The van der Waals surface area contributed by atoms with E-state index < -0.39 is 0 Å². The SMILES string of the molecule is C=C[C@@H](C)N1C(=O)S/C(=C\c2ccc(N3CCOCC3)cc2)C1=O. The van der Waals surface area contributed by atoms with Crippen LogP contribution in [-0.2, 0) is 9.53 Å². The highest BCUT2D eigenvalue weighted by Crippen LogP contribution is 2.34. The zero-order valence-electron chi connectivity index (χ0n) is 13.6. The Hall–Kier alpha value is -2.05. The number of ether oxygens (including phenoxy) is 1. The standard InChI is InChI=1S/C18H20N2O3S/c1-3-13(2)20-17(21)16(24-18(20)22)12-14-4-6-15(7-5-14)19-8-10-23-11-9-19/h3-7,12-13H,1,8-11H2,2H3/b16-12-/t13-/m1/s1. The smallest absolute Gasteiger partial charge is 0.294 e. The van der Waals surface area contributed by atoms with Gasteiger partial charge < -0.3 is 9.64 Å². The van der Waals surface area contributed by atoms with Crippen LogP contribution < -0.4 is 4.90 Å². The Balaban J connectivity index is 1.75. The summed E-state index contributed by atoms with van der Waals surface area (Å²) in [7, 11) is 0. The second-order valence-corrected chi connectivity index (χ2v) is 6.71. The molecule has 0 spiro atoms. The number of morpholine rings is 1. The molecule has 2 heterocycles. The fraction of sp³-hybridized carbons (Fsp3) is 0.333. The fourth-order valence-corrected chi connectivity index (χ4v) is 3.61. The number of anilines is 1. The van der Waals surface area contributed by atoms with Crippen molar-refractivity contribution in [1.29, 1.82) is 0 Å². The molecule has 0 aromatic heterocycles. The van der Waals surface area contributed by atoms with Crippen molar-refractivity contribution in [2.45, 2.75) is 13.0 Å². The number of carbonyl (C=O) groups is 2. The Morgan fingerprint density at radius 3 is 2.50 bits per heavy atom. The van der Waals surface area contributed by atoms with Crippen LogP contribution in [0, 0.1) is 0 Å². The van der Waals surface area contributed by atoms with Crippen LogP contribution in [0.4, 0.5) is 10.5 Å². The van der Waals surface area contributed by atoms with E-state index in [0.29, 0.717) is 4.91 Å². The molecule has 1 aromatic carbocycles. The average molecular weight is 344 g/mol. The summed E-state index contributed by atoms with van der Waals surface area (Å²) in [6.45, 7) is 8.70. The molecule has 0 unspecified atom stereocenters. The number of carbonyl (C=O) groups excluding carboxylic acids is 2. The zero-order chi connectivity index (χ0) is 17.1. The summed E-state index contributed by atoms with van der Waals surface area (Å²) in [6.07, 6.45) is 3.36. The summed E-state index contributed by atoms with van der Waals surface area (Å²) < 4.78 is 5.36. The minimum Gasteiger partial charge on any atom is -0.378 e. The molecule has 0 N–H and O–H groups in total. The van der Waals surface area contributed by atoms with Gasteiger partial charge in [-0.2, -0.15) is 0 Å². The number of rotatable bonds is 4. The summed E-state index contributed by atoms with van der Waals surface area (Å²) in [4.78, 5) is 28.4. The van der Waals surface area contributed by atoms with Gasteiger partial charge in [0.2, 0.25) is 0 Å². The summed E-state index contributed by atoms with van der Waals surface area (Å²) in [6, 6.07) is 7.71. The molecule has 2 saturated heterocycles. The number of imide groups is 1. The predicted octanol–water partition coefficient (Wildman–Crippen LogP) is 3.13. The lowest BCUT2D eigenvalue weighted by Crippen LogP contribution is -2.36. The van der Waals surface area contributed by atoms with Gasteiger partial charge in [0, 0.05) is 18.8 Å². The Bertz CT molecular complexity index is 678. The number of amides is 2. The molecular weight excluding hydrogens is 324 g/mol. The van der Waals surface area contributed by atoms with Crippen molar-refractivity contribution >= 4 is 34.7 Å². The quantitative estimate of drug-likeness (QED) is 0.620. The third-order valence-corrected chi connectivity index (χ3v) is 5.02. The molecule has 2 aliphatic rings. The fourth-order valence-electron chi connectivity index (χ4n) is 2.69. The Morgan fingerprint density at radius 2 is 1.88 bits per heavy atom. The van der Waals surface area contributed by atoms with Crippen LogP contribution in [0.1, 0.15) is 12.5 Å². The van der Waals surface area contributed by atoms with Crippen LogP contribution in [0.3, 0.4) is 0 Å². The Morgan fingerprint density at radius 1 is 1.21 bits per heavy atom. The first kappa shape index (κ1) is 16.8. The lowest BCUT2D eigenvalue weighted by Gasteiger charge is -2.28. The summed E-state index contributed by atoms with van der Waals surface area (Å²) in [5, 5.41) is -0.247. The van der Waals surface area contributed by atoms with Crippen molar-refractivity contribution in [2.75, 3.05) is 31.2 Å². The maximum atomic E-state index is 12.4. The minimum absolute atomic E-state index is 0.247. The van der Waals surface area contributed by atoms with Crippen LogP contribution in [0.15, 0.2) is 41.8 Å². The molecule has 2 amide bonds. The number of hydrogen-bond donors (Lipinski definition) is 0. The van der Waals surface area contributed by atoms with Gasteiger partial charge >= 0.3 is 0 Å². The van der Waals surface area contributed by atoms with Crippen LogP contribution in [-0.4, -0.2) is 48.4 Å². The number of hydrogen-bond acceptors (Lipinski definition) is 5. The van der Waals surface area contributed by atoms with E-state index in [1.165, 1.54) is 4.90 Å². The van der Waals surface area contributed by atoms with Crippen molar-refractivity contribution in [3.8, 4) is 0 Å². The van der Waals surface area contributed by atoms with Gasteiger partial charge in [-0.1, -0.05) is 18.2 Å². The van der Waals surface area contributed by atoms with Crippen LogP contribution in [0.5, 0.6) is 0 Å². The van der Waals surface area contributed by atoms with Gasteiger partial charge in [0.15, 0.2) is 0 Å². The van der Waals surface area contributed by atoms with E-state index in [4.69, 9.17) is 4.74 Å². The van der Waals surface area contributed by atoms with E-state index in [0.717, 1.165) is 49.3 Å². The average Bonchev–Trinajstić information content (AvgIpc) is 2.89. The lowest BCUT2D eigenvalue weighted by molar-refractivity contribution is -0.123. The largest absolute Gasteiger partial charge is 0.378 e. The summed E-state index contributed by atoms with van der Waals surface area (Å²) in [5.41, 5.74) is 2.05. The maximum Gasteiger partial charge on any atom is 0.294 e. The van der Waals surface area contributed by atoms with Gasteiger partial charge in [0.25, 0.3) is 11.1 Å². The van der Waals surface area contributed by atoms with Crippen molar-refractivity contribution in [3.63, 3.8) is 0 Å². The molecule has 2 fully saturated rings. The molecule has 1 aromatic rings. The highest BCUT2D eigenvalue weighted by atomic mass is 32.2. The maximum absolute atomic E-state index is 12.4. The van der Waals surface area contributed by atoms with Gasteiger partial charge in [-0.15, -0.1) is 6.58 Å². The monoisotopic (exact) mass is 344 g/mol. The molecule has 126 valence electrons. The number of nitrogens with zero attached hydrogens (tertiary/aromatic N) is 2. The first-order valence-electron chi connectivity index (χ1n) is 7.92. The molecular formula is C18H20N2O3S. The first-order chi connectivity index (χ1) is 11.6. The van der Waals surface area contributed by atoms with Gasteiger partial charge in [0.1, 0.15) is 0 Å². The molecule has 24 heavy (non-hydrogen) atoms. The van der Waals surface area contributed by atoms with Crippen molar-refractivity contribution < 1.29 is 14.3 Å². The second kappa shape index (κ2) is 7.23. The van der Waals surface area contributed by atoms with E-state index in [1.807, 2.05) is 24.3 Å². The molecule has 0 saturated carbocycles. The normalized spacial score (nSPS) is 21.5. The number of benzene rings is 1. The molecule has 0 bridgehead atoms. The highest BCUT2D eigenvalue weighted by Gasteiger charge is 2.37. The van der Waals surface area contributed by atoms with Gasteiger partial charge in [-0.25, -0.2) is 0 Å². The molecule has 6 heteroatoms. The molecule has 5 nitrogen and oxygen atoms in total. The van der Waals surface area contributed by atoms with Crippen molar-refractivity contribution in [1.82, 2.24) is 4.90 Å². The van der Waals surface area contributed by atoms with Crippen molar-refractivity contribution in [3.05, 3.63) is 47.4 Å². The van der Waals surface area contributed by atoms with Crippen LogP contribution in [0.2, 0.25) is 0 Å². The van der Waals surface area contributed by atoms with Gasteiger partial charge in [0.05, 0.1) is 24.2 Å². The van der Waals surface area contributed by atoms with Crippen molar-refractivity contribution in [2.24, 2.45) is 0 Å². The minimum atomic E-state index is -0.299. The summed E-state index contributed by atoms with van der Waals surface area (Å²) in [5.74, 6) is -0.255. The molecule has 3 rings (SSSR count). The summed E-state index contributed by atoms with van der Waals surface area (Å²) >= 11 is 0.976. The Kier molecular flexibility index (Phi) is 5.06. The van der Waals surface area contributed by atoms with E-state index in [-0.39, 0.29) is 17.2 Å². The predicted molar refractivity (Wildman–Crippen MR) is 96.9 cm³/mol. The molecule has 0 aliphatic carbocycles. The van der Waals surface area contributed by atoms with E-state index in [9.17, 15) is 9.59 Å². The molecule has 0 radical (unpaired) electrons. The molecule has 1 atom stereocenters. The van der Waals surface area contributed by atoms with Crippen LogP contribution >= 0.6 is 11.8 Å². The van der Waals surface area contributed by atoms with Gasteiger partial charge in [-0.3, -0.25) is 14.5 Å². The lowest BCUT2D eigenvalue weighted by atomic mass is 10.1. The first-order valence-corrected chi connectivity index (χ1v) is 8.74.